The predicted molar refractivity (Wildman–Crippen MR) is 151 cm³/mol. The molecule has 0 bridgehead atoms. The van der Waals surface area contributed by atoms with Crippen molar-refractivity contribution < 1.29 is 53.7 Å². The van der Waals surface area contributed by atoms with E-state index in [9.17, 15) is 9.59 Å². The average molecular weight is 608 g/mol. The third-order valence-electron chi connectivity index (χ3n) is 6.71. The quantitative estimate of drug-likeness (QED) is 0.221. The topological polar surface area (TPSA) is 98.3 Å². The Bertz CT molecular complexity index is 1540. The van der Waals surface area contributed by atoms with Crippen molar-refractivity contribution in [2.24, 2.45) is 0 Å². The van der Waals surface area contributed by atoms with Crippen molar-refractivity contribution in [1.82, 2.24) is 4.37 Å². The van der Waals surface area contributed by atoms with Gasteiger partial charge in [-0.25, -0.2) is 9.18 Å². The second-order valence-corrected chi connectivity index (χ2v) is 10.8. The molecule has 0 radical (unpaired) electrons. The number of hydrogen-bond acceptors (Lipinski definition) is 6. The van der Waals surface area contributed by atoms with Gasteiger partial charge in [-0.05, 0) is 49.1 Å². The summed E-state index contributed by atoms with van der Waals surface area (Å²) in [5.74, 6) is -0.479. The molecule has 6 nitrogen and oxygen atoms in total. The predicted octanol–water partition coefficient (Wildman–Crippen LogP) is 5.51. The van der Waals surface area contributed by atoms with Crippen LogP contribution in [0.15, 0.2) is 60.7 Å². The third kappa shape index (κ3) is 6.44. The molecule has 1 saturated carbocycles. The number of carbonyl (C=O) groups is 1. The fourth-order valence-corrected chi connectivity index (χ4v) is 5.83. The van der Waals surface area contributed by atoms with Gasteiger partial charge in [0.2, 0.25) is 0 Å². The summed E-state index contributed by atoms with van der Waals surface area (Å²) in [5, 5.41) is 3.53. The van der Waals surface area contributed by atoms with Crippen molar-refractivity contribution in [2.45, 2.75) is 38.2 Å². The van der Waals surface area contributed by atoms with E-state index in [1.165, 1.54) is 6.07 Å². The molecule has 2 N–H and O–H groups in total. The summed E-state index contributed by atoms with van der Waals surface area (Å²) in [6.07, 6.45) is 2.39. The second-order valence-electron chi connectivity index (χ2n) is 9.24. The number of aromatic nitrogens is 1. The zero-order valence-corrected chi connectivity index (χ0v) is 26.3. The Morgan fingerprint density at radius 1 is 1.10 bits per heavy atom. The molecule has 1 aromatic heterocycles. The van der Waals surface area contributed by atoms with Crippen LogP contribution in [0.3, 0.4) is 0 Å². The first-order valence-electron chi connectivity index (χ1n) is 11.9. The normalized spacial score (nSPS) is 13.8. The van der Waals surface area contributed by atoms with Crippen LogP contribution in [0, 0.1) is 12.7 Å². The molecule has 0 spiro atoms. The Balaban J connectivity index is 0.00000220. The van der Waals surface area contributed by atoms with Gasteiger partial charge in [-0.3, -0.25) is 11.6 Å². The van der Waals surface area contributed by atoms with E-state index in [1.807, 2.05) is 18.2 Å². The zero-order chi connectivity index (χ0) is 27.0. The summed E-state index contributed by atoms with van der Waals surface area (Å²) in [6, 6.07) is 17.2. The van der Waals surface area contributed by atoms with Gasteiger partial charge in [0.1, 0.15) is 11.9 Å². The number of amides is 1. The van der Waals surface area contributed by atoms with E-state index in [4.69, 9.17) is 27.9 Å². The van der Waals surface area contributed by atoms with Crippen LogP contribution >= 0.6 is 34.7 Å². The maximum absolute atomic E-state index is 15.4. The standard InChI is InChI=1S/C29H22Cl2FN2O3S.Na.H2O/c1-16-26(33-28(36)37-17(2)20-5-3-4-6-23(20)30)27(38-34-16)22-14-25(32)21(13-24(22)31)18-7-9-19(10-8-18)29(15-35)11-12-29;;/h3-10,13-14,17H,11-12H2,1-2H3,(H,33,36);;1H2/q-1;+1;/p-1/t17-;;/m1../s1. The third-order valence-corrected chi connectivity index (χ3v) is 8.34. The van der Waals surface area contributed by atoms with Gasteiger partial charge in [0.25, 0.3) is 0 Å². The van der Waals surface area contributed by atoms with Gasteiger partial charge >= 0.3 is 35.7 Å². The molecule has 5 rings (SSSR count). The van der Waals surface area contributed by atoms with Gasteiger partial charge in [0.15, 0.2) is 0 Å². The van der Waals surface area contributed by atoms with Crippen LogP contribution < -0.4 is 34.9 Å². The minimum Gasteiger partial charge on any atom is -0.870 e. The van der Waals surface area contributed by atoms with E-state index in [2.05, 4.69) is 16.0 Å². The number of ether oxygens (including phenoxy) is 1. The van der Waals surface area contributed by atoms with Gasteiger partial charge in [-0.2, -0.15) is 4.37 Å². The van der Waals surface area contributed by atoms with Crippen LogP contribution in [0.4, 0.5) is 14.9 Å². The Labute approximate surface area is 267 Å². The number of nitrogens with zero attached hydrogens (tertiary/aromatic N) is 1. The summed E-state index contributed by atoms with van der Waals surface area (Å²) >= 11 is 13.9. The molecule has 40 heavy (non-hydrogen) atoms. The fourth-order valence-electron chi connectivity index (χ4n) is 4.35. The van der Waals surface area contributed by atoms with Gasteiger partial charge in [0.05, 0.1) is 21.3 Å². The van der Waals surface area contributed by atoms with Crippen molar-refractivity contribution in [3.63, 3.8) is 0 Å². The minimum atomic E-state index is -0.698. The van der Waals surface area contributed by atoms with Gasteiger partial charge < -0.3 is 15.0 Å². The number of nitrogens with one attached hydrogen (secondary N) is 1. The van der Waals surface area contributed by atoms with Crippen LogP contribution in [0.1, 0.15) is 42.7 Å². The minimum absolute atomic E-state index is 0. The number of carbonyl (C=O) groups excluding carboxylic acids is 2. The van der Waals surface area contributed by atoms with E-state index < -0.39 is 23.4 Å². The smallest absolute Gasteiger partial charge is 0.870 e. The summed E-state index contributed by atoms with van der Waals surface area (Å²) in [5.41, 5.74) is 3.34. The van der Waals surface area contributed by atoms with Crippen molar-refractivity contribution in [3.8, 4) is 21.6 Å². The van der Waals surface area contributed by atoms with Crippen molar-refractivity contribution in [3.05, 3.63) is 93.3 Å². The van der Waals surface area contributed by atoms with Crippen molar-refractivity contribution in [1.29, 1.82) is 0 Å². The number of hydrogen-bond donors (Lipinski definition) is 1. The molecule has 11 heteroatoms. The monoisotopic (exact) mass is 607 g/mol. The summed E-state index contributed by atoms with van der Waals surface area (Å²) in [6.45, 7) is 3.45. The molecule has 0 saturated heterocycles. The largest absolute Gasteiger partial charge is 1.00 e. The fraction of sp³-hybridized carbons (Fsp3) is 0.207. The molecule has 0 unspecified atom stereocenters. The first-order chi connectivity index (χ1) is 18.2. The molecule has 202 valence electrons. The summed E-state index contributed by atoms with van der Waals surface area (Å²) in [4.78, 5) is 24.5. The van der Waals surface area contributed by atoms with Crippen molar-refractivity contribution in [2.75, 3.05) is 5.32 Å². The Hall–Kier alpha value is -2.30. The number of rotatable bonds is 7. The van der Waals surface area contributed by atoms with Gasteiger partial charge in [-0.1, -0.05) is 84.1 Å². The van der Waals surface area contributed by atoms with E-state index in [0.29, 0.717) is 48.6 Å². The van der Waals surface area contributed by atoms with Gasteiger partial charge in [-0.15, -0.1) is 5.41 Å². The zero-order valence-electron chi connectivity index (χ0n) is 21.9. The Morgan fingerprint density at radius 2 is 1.77 bits per heavy atom. The Kier molecular flexibility index (Phi) is 10.6. The first-order valence-corrected chi connectivity index (χ1v) is 13.4. The number of anilines is 1. The van der Waals surface area contributed by atoms with Crippen LogP contribution in [0.2, 0.25) is 10.0 Å². The van der Waals surface area contributed by atoms with Crippen LogP contribution in [0.25, 0.3) is 21.6 Å². The van der Waals surface area contributed by atoms with Crippen LogP contribution in [0.5, 0.6) is 0 Å². The molecule has 1 amide bonds. The molecule has 1 heterocycles. The molecule has 1 fully saturated rings. The molecular weight excluding hydrogens is 585 g/mol. The van der Waals surface area contributed by atoms with Crippen molar-refractivity contribution >= 4 is 52.8 Å². The molecule has 0 aliphatic heterocycles. The SMILES string of the molecule is Cc1nsc(-c2cc(F)c(-c3ccc(C4([C-]=O)CC4)cc3)cc2Cl)c1NC(=O)O[C@H](C)c1ccccc1Cl.[Na+].[OH-]. The summed E-state index contributed by atoms with van der Waals surface area (Å²) < 4.78 is 25.2. The maximum Gasteiger partial charge on any atom is 1.00 e. The maximum atomic E-state index is 15.4. The first kappa shape index (κ1) is 32.2. The molecule has 1 aliphatic rings. The van der Waals surface area contributed by atoms with E-state index in [1.54, 1.807) is 50.2 Å². The number of aryl methyl sites for hydroxylation is 1. The van der Waals surface area contributed by atoms with E-state index in [-0.39, 0.29) is 35.0 Å². The van der Waals surface area contributed by atoms with E-state index >= 15 is 4.39 Å². The van der Waals surface area contributed by atoms with Gasteiger partial charge in [0, 0.05) is 21.7 Å². The molecular formula is C29H23Cl2FN2NaO4S-. The molecule has 1 atom stereocenters. The van der Waals surface area contributed by atoms with E-state index in [0.717, 1.165) is 29.9 Å². The average Bonchev–Trinajstić information content (AvgIpc) is 3.63. The molecule has 3 aromatic carbocycles. The van der Waals surface area contributed by atoms with Crippen LogP contribution in [-0.2, 0) is 14.9 Å². The summed E-state index contributed by atoms with van der Waals surface area (Å²) in [7, 11) is 0. The second kappa shape index (κ2) is 13.1. The Morgan fingerprint density at radius 3 is 2.40 bits per heavy atom. The molecule has 1 aliphatic carbocycles. The number of benzene rings is 3. The number of halogens is 3. The molecule has 4 aromatic rings. The van der Waals surface area contributed by atoms with Crippen LogP contribution in [-0.4, -0.2) is 22.2 Å².